The summed E-state index contributed by atoms with van der Waals surface area (Å²) in [6, 6.07) is 1.77. The zero-order chi connectivity index (χ0) is 9.47. The van der Waals surface area contributed by atoms with Gasteiger partial charge in [-0.15, -0.1) is 0 Å². The van der Waals surface area contributed by atoms with Gasteiger partial charge in [-0.1, -0.05) is 0 Å². The van der Waals surface area contributed by atoms with Crippen LogP contribution in [0, 0.1) is 0 Å². The van der Waals surface area contributed by atoms with Gasteiger partial charge in [-0.2, -0.15) is 0 Å². The van der Waals surface area contributed by atoms with Crippen molar-refractivity contribution in [3.63, 3.8) is 0 Å². The van der Waals surface area contributed by atoms with E-state index in [1.165, 1.54) is 6.92 Å². The first-order valence-corrected chi connectivity index (χ1v) is 4.80. The summed E-state index contributed by atoms with van der Waals surface area (Å²) in [5.41, 5.74) is -0.0859. The van der Waals surface area contributed by atoms with Crippen molar-refractivity contribution in [3.8, 4) is 0 Å². The maximum absolute atomic E-state index is 13.9. The van der Waals surface area contributed by atoms with Crippen LogP contribution in [0.4, 0.5) is 4.39 Å². The molecule has 2 heterocycles. The van der Waals surface area contributed by atoms with Crippen molar-refractivity contribution in [3.05, 3.63) is 28.0 Å². The molecule has 1 aromatic heterocycles. The molecule has 0 aromatic carbocycles. The molecule has 0 saturated heterocycles. The summed E-state index contributed by atoms with van der Waals surface area (Å²) in [5, 5.41) is 0. The molecule has 1 aliphatic rings. The van der Waals surface area contributed by atoms with Crippen molar-refractivity contribution >= 4 is 15.9 Å². The molecule has 70 valence electrons. The third-order valence-electron chi connectivity index (χ3n) is 2.11. The molecule has 2 rings (SSSR count). The van der Waals surface area contributed by atoms with Gasteiger partial charge in [0.05, 0.1) is 18.9 Å². The molecule has 0 spiro atoms. The molecule has 1 aliphatic heterocycles. The number of nitrogens with zero attached hydrogens (tertiary/aromatic N) is 1. The van der Waals surface area contributed by atoms with Crippen LogP contribution in [0.5, 0.6) is 0 Å². The average molecular weight is 246 g/mol. The Balaban J connectivity index is 2.55. The largest absolute Gasteiger partial charge is 0.371 e. The highest BCUT2D eigenvalue weighted by Gasteiger charge is 2.33. The van der Waals surface area contributed by atoms with Gasteiger partial charge in [-0.3, -0.25) is 4.98 Å². The van der Waals surface area contributed by atoms with Crippen LogP contribution in [-0.2, 0) is 17.0 Å². The van der Waals surface area contributed by atoms with Crippen molar-refractivity contribution in [2.75, 3.05) is 6.61 Å². The number of hydrogen-bond donors (Lipinski definition) is 0. The second-order valence-corrected chi connectivity index (χ2v) is 4.25. The number of aromatic nitrogens is 1. The van der Waals surface area contributed by atoms with E-state index in [1.807, 2.05) is 0 Å². The van der Waals surface area contributed by atoms with Crippen molar-refractivity contribution in [1.29, 1.82) is 0 Å². The van der Waals surface area contributed by atoms with E-state index in [2.05, 4.69) is 20.9 Å². The Labute approximate surface area is 84.3 Å². The van der Waals surface area contributed by atoms with Crippen LogP contribution in [-0.4, -0.2) is 11.6 Å². The maximum atomic E-state index is 13.9. The zero-order valence-corrected chi connectivity index (χ0v) is 8.77. The van der Waals surface area contributed by atoms with Crippen LogP contribution >= 0.6 is 15.9 Å². The molecule has 0 N–H and O–H groups in total. The topological polar surface area (TPSA) is 22.1 Å². The molecule has 0 saturated carbocycles. The highest BCUT2D eigenvalue weighted by Crippen LogP contribution is 2.33. The molecular weight excluding hydrogens is 237 g/mol. The third kappa shape index (κ3) is 1.60. The minimum atomic E-state index is -1.41. The summed E-state index contributed by atoms with van der Waals surface area (Å²) >= 11 is 3.27. The van der Waals surface area contributed by atoms with Gasteiger partial charge in [-0.25, -0.2) is 4.39 Å². The van der Waals surface area contributed by atoms with Gasteiger partial charge in [0.1, 0.15) is 0 Å². The number of alkyl halides is 1. The third-order valence-corrected chi connectivity index (χ3v) is 2.54. The van der Waals surface area contributed by atoms with E-state index in [9.17, 15) is 4.39 Å². The highest BCUT2D eigenvalue weighted by atomic mass is 79.9. The van der Waals surface area contributed by atoms with Crippen LogP contribution < -0.4 is 0 Å². The molecule has 0 fully saturated rings. The highest BCUT2D eigenvalue weighted by molar-refractivity contribution is 9.10. The van der Waals surface area contributed by atoms with E-state index in [1.54, 1.807) is 12.3 Å². The molecule has 0 radical (unpaired) electrons. The fourth-order valence-corrected chi connectivity index (χ4v) is 1.78. The number of halogens is 2. The lowest BCUT2D eigenvalue weighted by Gasteiger charge is -2.27. The van der Waals surface area contributed by atoms with Gasteiger partial charge in [0.25, 0.3) is 0 Å². The Kier molecular flexibility index (Phi) is 2.12. The predicted molar refractivity (Wildman–Crippen MR) is 50.1 cm³/mol. The Morgan fingerprint density at radius 1 is 1.69 bits per heavy atom. The fraction of sp³-hybridized carbons (Fsp3) is 0.444. The van der Waals surface area contributed by atoms with Crippen molar-refractivity contribution in [2.24, 2.45) is 0 Å². The van der Waals surface area contributed by atoms with Gasteiger partial charge in [0.2, 0.25) is 0 Å². The van der Waals surface area contributed by atoms with Crippen LogP contribution in [0.25, 0.3) is 0 Å². The SMILES string of the molecule is CC1(F)COCc2ncc(Br)cc21. The molecule has 13 heavy (non-hydrogen) atoms. The summed E-state index contributed by atoms with van der Waals surface area (Å²) in [5.74, 6) is 0. The van der Waals surface area contributed by atoms with Crippen LogP contribution in [0.2, 0.25) is 0 Å². The van der Waals surface area contributed by atoms with Gasteiger partial charge in [0, 0.05) is 16.2 Å². The maximum Gasteiger partial charge on any atom is 0.158 e. The van der Waals surface area contributed by atoms with Gasteiger partial charge in [0.15, 0.2) is 5.67 Å². The lowest BCUT2D eigenvalue weighted by Crippen LogP contribution is -2.29. The molecule has 0 bridgehead atoms. The number of hydrogen-bond acceptors (Lipinski definition) is 2. The Hall–Kier alpha value is -0.480. The van der Waals surface area contributed by atoms with Gasteiger partial charge < -0.3 is 4.74 Å². The molecule has 0 aliphatic carbocycles. The smallest absolute Gasteiger partial charge is 0.158 e. The number of ether oxygens (including phenoxy) is 1. The van der Waals surface area contributed by atoms with Crippen molar-refractivity contribution < 1.29 is 9.13 Å². The predicted octanol–water partition coefficient (Wildman–Crippen LogP) is 2.56. The molecule has 2 nitrogen and oxygen atoms in total. The standard InChI is InChI=1S/C9H9BrFNO/c1-9(11)5-13-4-8-7(9)2-6(10)3-12-8/h2-3H,4-5H2,1H3. The molecule has 1 atom stereocenters. The zero-order valence-electron chi connectivity index (χ0n) is 7.18. The van der Waals surface area contributed by atoms with Crippen molar-refractivity contribution in [1.82, 2.24) is 4.98 Å². The monoisotopic (exact) mass is 245 g/mol. The Morgan fingerprint density at radius 2 is 2.46 bits per heavy atom. The summed E-state index contributed by atoms with van der Waals surface area (Å²) in [4.78, 5) is 4.10. The first kappa shape index (κ1) is 9.09. The summed E-state index contributed by atoms with van der Waals surface area (Å²) in [6.45, 7) is 2.03. The minimum Gasteiger partial charge on any atom is -0.371 e. The first-order chi connectivity index (χ1) is 6.09. The van der Waals surface area contributed by atoms with Crippen LogP contribution in [0.1, 0.15) is 18.2 Å². The molecule has 0 amide bonds. The fourth-order valence-electron chi connectivity index (χ4n) is 1.45. The first-order valence-electron chi connectivity index (χ1n) is 4.01. The van der Waals surface area contributed by atoms with E-state index in [-0.39, 0.29) is 6.61 Å². The van der Waals surface area contributed by atoms with Gasteiger partial charge >= 0.3 is 0 Å². The second kappa shape index (κ2) is 3.03. The minimum absolute atomic E-state index is 0.109. The molecule has 4 heteroatoms. The summed E-state index contributed by atoms with van der Waals surface area (Å²) in [7, 11) is 0. The molecule has 1 unspecified atom stereocenters. The Morgan fingerprint density at radius 3 is 3.23 bits per heavy atom. The average Bonchev–Trinajstić information content (AvgIpc) is 2.06. The molecular formula is C9H9BrFNO. The molecule has 1 aromatic rings. The number of pyridine rings is 1. The quantitative estimate of drug-likeness (QED) is 0.701. The number of fused-ring (bicyclic) bond motifs is 1. The summed E-state index contributed by atoms with van der Waals surface area (Å²) in [6.07, 6.45) is 1.66. The van der Waals surface area contributed by atoms with E-state index >= 15 is 0 Å². The van der Waals surface area contributed by atoms with Gasteiger partial charge in [-0.05, 0) is 28.9 Å². The Bertz CT molecular complexity index is 340. The number of rotatable bonds is 0. The summed E-state index contributed by atoms with van der Waals surface area (Å²) < 4.78 is 19.8. The van der Waals surface area contributed by atoms with Crippen LogP contribution in [0.15, 0.2) is 16.7 Å². The van der Waals surface area contributed by atoms with E-state index in [0.717, 1.165) is 4.47 Å². The van der Waals surface area contributed by atoms with Crippen molar-refractivity contribution in [2.45, 2.75) is 19.2 Å². The van der Waals surface area contributed by atoms with E-state index in [4.69, 9.17) is 4.74 Å². The van der Waals surface area contributed by atoms with E-state index in [0.29, 0.717) is 17.9 Å². The lowest BCUT2D eigenvalue weighted by molar-refractivity contribution is -0.00692. The second-order valence-electron chi connectivity index (χ2n) is 3.34. The van der Waals surface area contributed by atoms with Crippen LogP contribution in [0.3, 0.4) is 0 Å². The normalized spacial score (nSPS) is 27.0. The lowest BCUT2D eigenvalue weighted by atomic mass is 9.95. The van der Waals surface area contributed by atoms with E-state index < -0.39 is 5.67 Å².